The van der Waals surface area contributed by atoms with Crippen molar-refractivity contribution in [3.05, 3.63) is 10.7 Å². The molecule has 4 nitrogen and oxygen atoms in total. The van der Waals surface area contributed by atoms with Gasteiger partial charge in [0.1, 0.15) is 5.82 Å². The van der Waals surface area contributed by atoms with Gasteiger partial charge in [0, 0.05) is 19.3 Å². The quantitative estimate of drug-likeness (QED) is 0.918. The minimum Gasteiger partial charge on any atom is -0.368 e. The zero-order chi connectivity index (χ0) is 11.6. The maximum absolute atomic E-state index is 5.57. The van der Waals surface area contributed by atoms with E-state index in [9.17, 15) is 0 Å². The van der Waals surface area contributed by atoms with Gasteiger partial charge in [0.25, 0.3) is 0 Å². The predicted octanol–water partition coefficient (Wildman–Crippen LogP) is 2.30. The Balaban J connectivity index is 2.99. The molecule has 0 bridgehead atoms. The number of halogens is 1. The van der Waals surface area contributed by atoms with E-state index in [4.69, 9.17) is 5.73 Å². The van der Waals surface area contributed by atoms with Gasteiger partial charge in [0.15, 0.2) is 0 Å². The van der Waals surface area contributed by atoms with E-state index in [-0.39, 0.29) is 0 Å². The van der Waals surface area contributed by atoms with Gasteiger partial charge < -0.3 is 10.6 Å². The smallest absolute Gasteiger partial charge is 0.222 e. The minimum atomic E-state index is 0.302. The van der Waals surface area contributed by atoms with Gasteiger partial charge in [-0.05, 0) is 28.8 Å². The van der Waals surface area contributed by atoms with E-state index < -0.39 is 0 Å². The van der Waals surface area contributed by atoms with Crippen LogP contribution in [0.2, 0.25) is 0 Å². The highest BCUT2D eigenvalue weighted by atomic mass is 79.9. The Hall–Kier alpha value is -0.840. The molecule has 0 amide bonds. The number of nitrogens with zero attached hydrogens (tertiary/aromatic N) is 3. The second kappa shape index (κ2) is 4.79. The molecule has 1 rings (SSSR count). The molecule has 1 aromatic heterocycles. The third kappa shape index (κ3) is 2.81. The van der Waals surface area contributed by atoms with Crippen molar-refractivity contribution < 1.29 is 0 Å². The number of anilines is 2. The molecule has 0 saturated heterocycles. The summed E-state index contributed by atoms with van der Waals surface area (Å²) in [5, 5.41) is 0. The SMILES string of the molecule is CC(C)C(C)N(C)c1nc(N)ncc1Br. The first kappa shape index (κ1) is 12.2. The number of aromatic nitrogens is 2. The average Bonchev–Trinajstić information content (AvgIpc) is 2.19. The van der Waals surface area contributed by atoms with Gasteiger partial charge in [-0.3, -0.25) is 0 Å². The Kier molecular flexibility index (Phi) is 3.90. The van der Waals surface area contributed by atoms with Crippen LogP contribution in [0, 0.1) is 5.92 Å². The van der Waals surface area contributed by atoms with Crippen LogP contribution in [-0.4, -0.2) is 23.1 Å². The predicted molar refractivity (Wildman–Crippen MR) is 66.8 cm³/mol. The van der Waals surface area contributed by atoms with Gasteiger partial charge in [-0.2, -0.15) is 4.98 Å². The van der Waals surface area contributed by atoms with E-state index >= 15 is 0 Å². The summed E-state index contributed by atoms with van der Waals surface area (Å²) in [6.07, 6.45) is 1.68. The van der Waals surface area contributed by atoms with Crippen molar-refractivity contribution in [2.75, 3.05) is 17.7 Å². The molecule has 5 heteroatoms. The molecule has 1 unspecified atom stereocenters. The van der Waals surface area contributed by atoms with Crippen molar-refractivity contribution in [2.45, 2.75) is 26.8 Å². The standard InChI is InChI=1S/C10H17BrN4/c1-6(2)7(3)15(4)9-8(11)5-13-10(12)14-9/h5-7H,1-4H3,(H2,12,13,14). The van der Waals surface area contributed by atoms with Gasteiger partial charge in [-0.15, -0.1) is 0 Å². The van der Waals surface area contributed by atoms with Crippen LogP contribution in [0.3, 0.4) is 0 Å². The molecule has 0 fully saturated rings. The number of hydrogen-bond acceptors (Lipinski definition) is 4. The lowest BCUT2D eigenvalue weighted by Crippen LogP contribution is -2.34. The Morgan fingerprint density at radius 2 is 2.00 bits per heavy atom. The van der Waals surface area contributed by atoms with Crippen molar-refractivity contribution in [1.82, 2.24) is 9.97 Å². The lowest BCUT2D eigenvalue weighted by molar-refractivity contribution is 0.502. The monoisotopic (exact) mass is 272 g/mol. The van der Waals surface area contributed by atoms with Crippen LogP contribution in [0.15, 0.2) is 10.7 Å². The van der Waals surface area contributed by atoms with Crippen LogP contribution in [0.4, 0.5) is 11.8 Å². The summed E-state index contributed by atoms with van der Waals surface area (Å²) < 4.78 is 0.867. The molecule has 15 heavy (non-hydrogen) atoms. The summed E-state index contributed by atoms with van der Waals surface area (Å²) in [6.45, 7) is 6.52. The first-order valence-electron chi connectivity index (χ1n) is 4.94. The van der Waals surface area contributed by atoms with Crippen molar-refractivity contribution in [2.24, 2.45) is 5.92 Å². The molecular weight excluding hydrogens is 256 g/mol. The maximum atomic E-state index is 5.57. The fraction of sp³-hybridized carbons (Fsp3) is 0.600. The summed E-state index contributed by atoms with van der Waals surface area (Å²) in [6, 6.07) is 0.399. The molecule has 0 aliphatic rings. The van der Waals surface area contributed by atoms with E-state index in [1.54, 1.807) is 6.20 Å². The number of hydrogen-bond donors (Lipinski definition) is 1. The summed E-state index contributed by atoms with van der Waals surface area (Å²) in [4.78, 5) is 10.2. The second-order valence-corrected chi connectivity index (χ2v) is 4.85. The van der Waals surface area contributed by atoms with Gasteiger partial charge in [-0.1, -0.05) is 13.8 Å². The molecule has 1 aromatic rings. The highest BCUT2D eigenvalue weighted by molar-refractivity contribution is 9.10. The molecule has 0 aliphatic carbocycles. The molecule has 0 aliphatic heterocycles. The van der Waals surface area contributed by atoms with Gasteiger partial charge in [0.05, 0.1) is 4.47 Å². The summed E-state index contributed by atoms with van der Waals surface area (Å²) in [5.74, 6) is 1.69. The van der Waals surface area contributed by atoms with E-state index in [2.05, 4.69) is 51.6 Å². The van der Waals surface area contributed by atoms with Crippen LogP contribution in [0.25, 0.3) is 0 Å². The molecular formula is C10H17BrN4. The Morgan fingerprint density at radius 3 is 2.53 bits per heavy atom. The molecule has 0 saturated carbocycles. The maximum Gasteiger partial charge on any atom is 0.222 e. The zero-order valence-electron chi connectivity index (χ0n) is 9.53. The highest BCUT2D eigenvalue weighted by Gasteiger charge is 2.17. The van der Waals surface area contributed by atoms with E-state index in [1.807, 2.05) is 7.05 Å². The Morgan fingerprint density at radius 1 is 1.40 bits per heavy atom. The van der Waals surface area contributed by atoms with Crippen molar-refractivity contribution in [3.63, 3.8) is 0 Å². The number of nitrogens with two attached hydrogens (primary N) is 1. The Bertz CT molecular complexity index is 340. The van der Waals surface area contributed by atoms with Crippen LogP contribution < -0.4 is 10.6 Å². The lowest BCUT2D eigenvalue weighted by Gasteiger charge is -2.29. The van der Waals surface area contributed by atoms with Crippen LogP contribution >= 0.6 is 15.9 Å². The minimum absolute atomic E-state index is 0.302. The van der Waals surface area contributed by atoms with Gasteiger partial charge in [0.2, 0.25) is 5.95 Å². The lowest BCUT2D eigenvalue weighted by atomic mass is 10.1. The van der Waals surface area contributed by atoms with E-state index in [0.717, 1.165) is 10.3 Å². The summed E-state index contributed by atoms with van der Waals surface area (Å²) >= 11 is 3.43. The fourth-order valence-electron chi connectivity index (χ4n) is 1.26. The van der Waals surface area contributed by atoms with Crippen molar-refractivity contribution in [3.8, 4) is 0 Å². The average molecular weight is 273 g/mol. The van der Waals surface area contributed by atoms with Gasteiger partial charge >= 0.3 is 0 Å². The zero-order valence-corrected chi connectivity index (χ0v) is 11.1. The fourth-order valence-corrected chi connectivity index (χ4v) is 1.73. The number of nitrogen functional groups attached to an aromatic ring is 1. The van der Waals surface area contributed by atoms with Crippen LogP contribution in [-0.2, 0) is 0 Å². The van der Waals surface area contributed by atoms with Crippen molar-refractivity contribution in [1.29, 1.82) is 0 Å². The number of rotatable bonds is 3. The Labute approximate surface area is 99.0 Å². The third-order valence-electron chi connectivity index (χ3n) is 2.65. The first-order chi connectivity index (χ1) is 6.93. The molecule has 0 radical (unpaired) electrons. The molecule has 0 aromatic carbocycles. The molecule has 84 valence electrons. The summed E-state index contributed by atoms with van der Waals surface area (Å²) in [7, 11) is 2.01. The molecule has 1 heterocycles. The van der Waals surface area contributed by atoms with E-state index in [0.29, 0.717) is 17.9 Å². The second-order valence-electron chi connectivity index (χ2n) is 4.00. The van der Waals surface area contributed by atoms with E-state index in [1.165, 1.54) is 0 Å². The first-order valence-corrected chi connectivity index (χ1v) is 5.73. The van der Waals surface area contributed by atoms with Crippen molar-refractivity contribution >= 4 is 27.7 Å². The highest BCUT2D eigenvalue weighted by Crippen LogP contribution is 2.25. The summed E-state index contributed by atoms with van der Waals surface area (Å²) in [5.41, 5.74) is 5.57. The molecule has 0 spiro atoms. The van der Waals surface area contributed by atoms with Crippen LogP contribution in [0.1, 0.15) is 20.8 Å². The molecule has 2 N–H and O–H groups in total. The normalized spacial score (nSPS) is 12.9. The van der Waals surface area contributed by atoms with Crippen LogP contribution in [0.5, 0.6) is 0 Å². The largest absolute Gasteiger partial charge is 0.368 e. The molecule has 1 atom stereocenters. The topological polar surface area (TPSA) is 55.0 Å². The van der Waals surface area contributed by atoms with Gasteiger partial charge in [-0.25, -0.2) is 4.98 Å². The third-order valence-corrected chi connectivity index (χ3v) is 3.21.